The standard InChI is InChI=1S/C9H11FN2O5/c10-4-2-12(9(16)11-8(4)15)7-1-5(14)6(3-13)17-7/h2,5-7,13-14H,1,3H2,(H,11,15,16)/i10-1. The molecule has 2 rings (SSSR count). The van der Waals surface area contributed by atoms with Crippen LogP contribution in [0, 0.1) is 5.82 Å². The molecule has 1 aromatic rings. The van der Waals surface area contributed by atoms with Gasteiger partial charge in [0.1, 0.15) is 12.3 Å². The maximum absolute atomic E-state index is 13.0. The second-order valence-electron chi connectivity index (χ2n) is 3.76. The Morgan fingerprint density at radius 2 is 2.29 bits per heavy atom. The molecule has 0 aromatic carbocycles. The van der Waals surface area contributed by atoms with Crippen molar-refractivity contribution < 1.29 is 19.3 Å². The summed E-state index contributed by atoms with van der Waals surface area (Å²) in [7, 11) is 0. The van der Waals surface area contributed by atoms with Gasteiger partial charge < -0.3 is 14.9 Å². The molecule has 1 aliphatic heterocycles. The van der Waals surface area contributed by atoms with E-state index in [1.807, 2.05) is 0 Å². The predicted octanol–water partition coefficient (Wildman–Crippen LogP) is -1.68. The lowest BCUT2D eigenvalue weighted by atomic mass is 10.2. The molecule has 8 heteroatoms. The number of aliphatic hydroxyl groups is 2. The first-order chi connectivity index (χ1) is 8.02. The van der Waals surface area contributed by atoms with Gasteiger partial charge in [0.25, 0.3) is 5.56 Å². The molecule has 0 saturated carbocycles. The molecule has 3 N–H and O–H groups in total. The van der Waals surface area contributed by atoms with Gasteiger partial charge in [0.2, 0.25) is 5.82 Å². The highest BCUT2D eigenvalue weighted by atomic mass is 18.2. The summed E-state index contributed by atoms with van der Waals surface area (Å²) in [5.41, 5.74) is -1.93. The van der Waals surface area contributed by atoms with Crippen LogP contribution in [0.15, 0.2) is 15.8 Å². The SMILES string of the molecule is O=c1[nH]c(=O)n(C2CC(O)C(CO)O2)cc1[18F]. The molecule has 0 aliphatic carbocycles. The molecule has 0 amide bonds. The number of nitrogens with one attached hydrogen (secondary N) is 1. The van der Waals surface area contributed by atoms with Gasteiger partial charge >= 0.3 is 5.69 Å². The number of H-pyrrole nitrogens is 1. The molecule has 1 saturated heterocycles. The van der Waals surface area contributed by atoms with E-state index in [1.165, 1.54) is 0 Å². The molecule has 3 atom stereocenters. The minimum absolute atomic E-state index is 0.0383. The van der Waals surface area contributed by atoms with Crippen LogP contribution in [-0.4, -0.2) is 38.6 Å². The third-order valence-corrected chi connectivity index (χ3v) is 2.62. The maximum Gasteiger partial charge on any atom is 0.330 e. The average Bonchev–Trinajstić information content (AvgIpc) is 2.65. The topological polar surface area (TPSA) is 105 Å². The number of ether oxygens (including phenoxy) is 1. The zero-order valence-corrected chi connectivity index (χ0v) is 8.67. The third-order valence-electron chi connectivity index (χ3n) is 2.62. The fourth-order valence-corrected chi connectivity index (χ4v) is 1.72. The van der Waals surface area contributed by atoms with Crippen LogP contribution in [0.4, 0.5) is 4.39 Å². The Hall–Kier alpha value is -1.51. The molecule has 17 heavy (non-hydrogen) atoms. The van der Waals surface area contributed by atoms with Crippen molar-refractivity contribution in [2.45, 2.75) is 24.9 Å². The summed E-state index contributed by atoms with van der Waals surface area (Å²) in [6.07, 6.45) is -1.90. The van der Waals surface area contributed by atoms with Crippen LogP contribution in [-0.2, 0) is 4.74 Å². The second-order valence-corrected chi connectivity index (χ2v) is 3.76. The Balaban J connectivity index is 2.34. The van der Waals surface area contributed by atoms with Crippen molar-refractivity contribution in [3.05, 3.63) is 32.9 Å². The lowest BCUT2D eigenvalue weighted by Gasteiger charge is -2.13. The number of halogens is 1. The van der Waals surface area contributed by atoms with Gasteiger partial charge in [-0.15, -0.1) is 0 Å². The molecule has 0 bridgehead atoms. The first kappa shape index (κ1) is 12.0. The van der Waals surface area contributed by atoms with Crippen molar-refractivity contribution in [3.63, 3.8) is 0 Å². The van der Waals surface area contributed by atoms with E-state index in [1.54, 1.807) is 4.98 Å². The van der Waals surface area contributed by atoms with Crippen LogP contribution in [0.2, 0.25) is 0 Å². The molecule has 0 radical (unpaired) electrons. The molecule has 0 spiro atoms. The molecule has 1 fully saturated rings. The minimum Gasteiger partial charge on any atom is -0.394 e. The van der Waals surface area contributed by atoms with Crippen LogP contribution in [0.25, 0.3) is 0 Å². The first-order valence-corrected chi connectivity index (χ1v) is 4.98. The van der Waals surface area contributed by atoms with E-state index in [4.69, 9.17) is 9.84 Å². The summed E-state index contributed by atoms with van der Waals surface area (Å²) < 4.78 is 19.0. The zero-order chi connectivity index (χ0) is 12.6. The van der Waals surface area contributed by atoms with Gasteiger partial charge in [-0.1, -0.05) is 0 Å². The smallest absolute Gasteiger partial charge is 0.330 e. The Morgan fingerprint density at radius 1 is 1.59 bits per heavy atom. The number of aromatic nitrogens is 2. The summed E-state index contributed by atoms with van der Waals surface area (Å²) in [6, 6.07) is 0. The van der Waals surface area contributed by atoms with Gasteiger partial charge in [0, 0.05) is 6.42 Å². The number of rotatable bonds is 2. The summed E-state index contributed by atoms with van der Waals surface area (Å²) in [6.45, 7) is -0.405. The van der Waals surface area contributed by atoms with Gasteiger partial charge in [-0.25, -0.2) is 4.79 Å². The molecule has 1 aliphatic rings. The van der Waals surface area contributed by atoms with Gasteiger partial charge in [-0.2, -0.15) is 4.39 Å². The van der Waals surface area contributed by atoms with Crippen molar-refractivity contribution in [3.8, 4) is 0 Å². The lowest BCUT2D eigenvalue weighted by molar-refractivity contribution is -0.0462. The molecule has 2 heterocycles. The van der Waals surface area contributed by atoms with Gasteiger partial charge in [0.05, 0.1) is 18.9 Å². The monoisotopic (exact) mass is 245 g/mol. The lowest BCUT2D eigenvalue weighted by Crippen LogP contribution is -2.34. The quantitative estimate of drug-likeness (QED) is 0.577. The number of hydrogen-bond acceptors (Lipinski definition) is 5. The molecule has 94 valence electrons. The van der Waals surface area contributed by atoms with Crippen LogP contribution >= 0.6 is 0 Å². The fourth-order valence-electron chi connectivity index (χ4n) is 1.72. The normalized spacial score (nSPS) is 28.5. The minimum atomic E-state index is -1.12. The fraction of sp³-hybridized carbons (Fsp3) is 0.556. The maximum atomic E-state index is 13.0. The summed E-state index contributed by atoms with van der Waals surface area (Å²) in [5, 5.41) is 18.3. The van der Waals surface area contributed by atoms with Gasteiger partial charge in [0.15, 0.2) is 0 Å². The Labute approximate surface area is 94.1 Å². The van der Waals surface area contributed by atoms with Gasteiger partial charge in [-0.05, 0) is 0 Å². The second kappa shape index (κ2) is 4.40. The third kappa shape index (κ3) is 2.14. The Bertz CT molecular complexity index is 525. The van der Waals surface area contributed by atoms with Crippen LogP contribution in [0.1, 0.15) is 12.6 Å². The summed E-state index contributed by atoms with van der Waals surface area (Å²) in [4.78, 5) is 24.0. The summed E-state index contributed by atoms with van der Waals surface area (Å²) in [5.74, 6) is -1.12. The van der Waals surface area contributed by atoms with Crippen molar-refractivity contribution in [2.75, 3.05) is 6.61 Å². The molecule has 1 aromatic heterocycles. The number of nitrogens with zero attached hydrogens (tertiary/aromatic N) is 1. The highest BCUT2D eigenvalue weighted by molar-refractivity contribution is 4.90. The van der Waals surface area contributed by atoms with E-state index in [0.717, 1.165) is 10.8 Å². The Morgan fingerprint density at radius 3 is 2.88 bits per heavy atom. The van der Waals surface area contributed by atoms with Gasteiger partial charge in [-0.3, -0.25) is 14.3 Å². The van der Waals surface area contributed by atoms with E-state index in [-0.39, 0.29) is 6.42 Å². The van der Waals surface area contributed by atoms with Crippen molar-refractivity contribution in [1.29, 1.82) is 0 Å². The largest absolute Gasteiger partial charge is 0.394 e. The number of hydrogen-bond donors (Lipinski definition) is 3. The highest BCUT2D eigenvalue weighted by Crippen LogP contribution is 2.26. The van der Waals surface area contributed by atoms with Crippen molar-refractivity contribution in [1.82, 2.24) is 9.55 Å². The predicted molar refractivity (Wildman–Crippen MR) is 52.9 cm³/mol. The Kier molecular flexibility index (Phi) is 3.09. The molecule has 3 unspecified atom stereocenters. The number of aliphatic hydroxyl groups excluding tert-OH is 2. The molecule has 7 nitrogen and oxygen atoms in total. The van der Waals surface area contributed by atoms with Crippen LogP contribution < -0.4 is 11.2 Å². The van der Waals surface area contributed by atoms with Crippen LogP contribution in [0.3, 0.4) is 0 Å². The van der Waals surface area contributed by atoms with E-state index < -0.39 is 42.1 Å². The number of aromatic amines is 1. The molecular weight excluding hydrogens is 234 g/mol. The molecular formula is C9H11FN2O5. The van der Waals surface area contributed by atoms with E-state index in [9.17, 15) is 19.1 Å². The van der Waals surface area contributed by atoms with Crippen LogP contribution in [0.5, 0.6) is 0 Å². The average molecular weight is 245 g/mol. The first-order valence-electron chi connectivity index (χ1n) is 4.98. The van der Waals surface area contributed by atoms with E-state index in [0.29, 0.717) is 0 Å². The van der Waals surface area contributed by atoms with Crippen molar-refractivity contribution >= 4 is 0 Å². The van der Waals surface area contributed by atoms with Crippen molar-refractivity contribution in [2.24, 2.45) is 0 Å². The summed E-state index contributed by atoms with van der Waals surface area (Å²) >= 11 is 0. The van der Waals surface area contributed by atoms with E-state index in [2.05, 4.69) is 0 Å². The highest BCUT2D eigenvalue weighted by Gasteiger charge is 2.35. The zero-order valence-electron chi connectivity index (χ0n) is 8.67. The van der Waals surface area contributed by atoms with E-state index >= 15 is 0 Å².